The second-order valence-electron chi connectivity index (χ2n) is 9.67. The molecular weight excluding hydrogens is 470 g/mol. The molecule has 4 aromatic rings. The normalized spacial score (nSPS) is 12.3. The molecule has 38 heavy (non-hydrogen) atoms. The van der Waals surface area contributed by atoms with Gasteiger partial charge in [0.2, 0.25) is 0 Å². The second-order valence-corrected chi connectivity index (χ2v) is 9.67. The number of carbonyl (C=O) groups is 1. The first-order valence-electron chi connectivity index (χ1n) is 13.8. The maximum atomic E-state index is 12.9. The Labute approximate surface area is 226 Å². The van der Waals surface area contributed by atoms with Crippen LogP contribution in [0.2, 0.25) is 0 Å². The molecule has 5 heteroatoms. The summed E-state index contributed by atoms with van der Waals surface area (Å²) in [4.78, 5) is 17.4. The molecule has 0 spiro atoms. The lowest BCUT2D eigenvalue weighted by Gasteiger charge is -2.37. The summed E-state index contributed by atoms with van der Waals surface area (Å²) in [5, 5.41) is 3.92. The number of hydrogen-bond donors (Lipinski definition) is 1. The van der Waals surface area contributed by atoms with Crippen LogP contribution in [0.25, 0.3) is 0 Å². The largest absolute Gasteiger partial charge is 0.466 e. The van der Waals surface area contributed by atoms with Crippen molar-refractivity contribution in [2.45, 2.75) is 51.6 Å². The highest BCUT2D eigenvalue weighted by Gasteiger charge is 2.35. The molecule has 0 aliphatic carbocycles. The van der Waals surface area contributed by atoms with Gasteiger partial charge in [-0.2, -0.15) is 0 Å². The summed E-state index contributed by atoms with van der Waals surface area (Å²) < 4.78 is 7.53. The minimum absolute atomic E-state index is 0.141. The number of nitrogens with one attached hydrogen (secondary N) is 1. The van der Waals surface area contributed by atoms with Gasteiger partial charge >= 0.3 is 5.97 Å². The van der Waals surface area contributed by atoms with Crippen LogP contribution in [-0.2, 0) is 28.0 Å². The third-order valence-corrected chi connectivity index (χ3v) is 6.98. The molecule has 0 aliphatic heterocycles. The fraction of sp³-hybridized carbons (Fsp3) is 0.333. The van der Waals surface area contributed by atoms with Crippen LogP contribution < -0.4 is 5.32 Å². The van der Waals surface area contributed by atoms with Crippen molar-refractivity contribution >= 4 is 5.97 Å². The molecule has 0 radical (unpaired) electrons. The molecule has 198 valence electrons. The number of carbonyl (C=O) groups excluding carboxylic acids is 1. The Kier molecular flexibility index (Phi) is 9.88. The van der Waals surface area contributed by atoms with Crippen LogP contribution in [0, 0.1) is 5.92 Å². The highest BCUT2D eigenvalue weighted by Crippen LogP contribution is 2.36. The first kappa shape index (κ1) is 27.3. The minimum Gasteiger partial charge on any atom is -0.466 e. The standard InChI is InChI=1S/C33H39N3O2/c1-3-23-36-25-31(34-26-36)24-27(32(37)38-4-2)15-14-22-35-33(28-16-8-5-9-17-28,29-18-10-6-11-19-29)30-20-12-7-13-21-30/h5-13,16-21,25-27,35H,3-4,14-15,22-24H2,1-2H3. The van der Waals surface area contributed by atoms with E-state index in [0.717, 1.165) is 38.0 Å². The number of benzene rings is 3. The molecule has 0 fully saturated rings. The minimum atomic E-state index is -0.512. The summed E-state index contributed by atoms with van der Waals surface area (Å²) in [6.07, 6.45) is 7.11. The summed E-state index contributed by atoms with van der Waals surface area (Å²) in [5.74, 6) is -0.362. The van der Waals surface area contributed by atoms with E-state index in [1.165, 1.54) is 16.7 Å². The van der Waals surface area contributed by atoms with Crippen LogP contribution in [0.15, 0.2) is 104 Å². The molecule has 1 atom stereocenters. The number of imidazole rings is 1. The van der Waals surface area contributed by atoms with Crippen molar-refractivity contribution in [2.75, 3.05) is 13.2 Å². The Hall–Kier alpha value is -3.70. The smallest absolute Gasteiger partial charge is 0.309 e. The van der Waals surface area contributed by atoms with Crippen molar-refractivity contribution in [1.29, 1.82) is 0 Å². The maximum Gasteiger partial charge on any atom is 0.309 e. The number of aryl methyl sites for hydroxylation is 1. The molecule has 0 saturated carbocycles. The number of hydrogen-bond acceptors (Lipinski definition) is 4. The molecule has 3 aromatic carbocycles. The fourth-order valence-electron chi connectivity index (χ4n) is 5.20. The topological polar surface area (TPSA) is 56.2 Å². The van der Waals surface area contributed by atoms with E-state index in [1.54, 1.807) is 0 Å². The number of ether oxygens (including phenoxy) is 1. The zero-order valence-electron chi connectivity index (χ0n) is 22.6. The van der Waals surface area contributed by atoms with Crippen LogP contribution in [0.1, 0.15) is 55.5 Å². The van der Waals surface area contributed by atoms with Crippen molar-refractivity contribution < 1.29 is 9.53 Å². The SMILES string of the molecule is CCCn1cnc(CC(CCCNC(c2ccccc2)(c2ccccc2)c2ccccc2)C(=O)OCC)c1. The van der Waals surface area contributed by atoms with Gasteiger partial charge in [-0.3, -0.25) is 10.1 Å². The third kappa shape index (κ3) is 6.59. The molecule has 1 aromatic heterocycles. The Balaban J connectivity index is 1.55. The fourth-order valence-corrected chi connectivity index (χ4v) is 5.20. The average Bonchev–Trinajstić information content (AvgIpc) is 3.41. The number of nitrogens with zero attached hydrogens (tertiary/aromatic N) is 2. The Bertz CT molecular complexity index is 1140. The molecule has 0 amide bonds. The van der Waals surface area contributed by atoms with Crippen LogP contribution >= 0.6 is 0 Å². The van der Waals surface area contributed by atoms with Gasteiger partial charge in [-0.1, -0.05) is 97.9 Å². The van der Waals surface area contributed by atoms with Gasteiger partial charge in [0.15, 0.2) is 0 Å². The molecule has 0 saturated heterocycles. The number of esters is 1. The second kappa shape index (κ2) is 13.7. The molecule has 0 aliphatic rings. The van der Waals surface area contributed by atoms with E-state index in [0.29, 0.717) is 13.0 Å². The van der Waals surface area contributed by atoms with Gasteiger partial charge in [-0.05, 0) is 49.4 Å². The van der Waals surface area contributed by atoms with Crippen LogP contribution in [0.4, 0.5) is 0 Å². The molecular formula is C33H39N3O2. The Morgan fingerprint density at radius 2 is 1.45 bits per heavy atom. The van der Waals surface area contributed by atoms with Crippen molar-refractivity contribution in [1.82, 2.24) is 14.9 Å². The zero-order valence-corrected chi connectivity index (χ0v) is 22.6. The van der Waals surface area contributed by atoms with Crippen molar-refractivity contribution in [3.8, 4) is 0 Å². The van der Waals surface area contributed by atoms with Gasteiger partial charge in [0.1, 0.15) is 0 Å². The van der Waals surface area contributed by atoms with E-state index in [2.05, 4.69) is 119 Å². The monoisotopic (exact) mass is 509 g/mol. The molecule has 4 rings (SSSR count). The van der Waals surface area contributed by atoms with Crippen molar-refractivity contribution in [3.63, 3.8) is 0 Å². The Morgan fingerprint density at radius 3 is 1.95 bits per heavy atom. The summed E-state index contributed by atoms with van der Waals surface area (Å²) in [6, 6.07) is 31.8. The van der Waals surface area contributed by atoms with E-state index in [-0.39, 0.29) is 11.9 Å². The first-order valence-corrected chi connectivity index (χ1v) is 13.8. The molecule has 0 bridgehead atoms. The summed E-state index contributed by atoms with van der Waals surface area (Å²) in [6.45, 7) is 6.06. The molecule has 1 heterocycles. The molecule has 5 nitrogen and oxygen atoms in total. The van der Waals surface area contributed by atoms with Gasteiger partial charge in [-0.25, -0.2) is 4.98 Å². The highest BCUT2D eigenvalue weighted by molar-refractivity contribution is 5.72. The average molecular weight is 510 g/mol. The van der Waals surface area contributed by atoms with E-state index in [1.807, 2.05) is 13.3 Å². The van der Waals surface area contributed by atoms with Crippen molar-refractivity contribution in [2.24, 2.45) is 5.92 Å². The van der Waals surface area contributed by atoms with Gasteiger partial charge in [0, 0.05) is 19.2 Å². The quantitative estimate of drug-likeness (QED) is 0.122. The number of rotatable bonds is 14. The van der Waals surface area contributed by atoms with Crippen molar-refractivity contribution in [3.05, 3.63) is 126 Å². The maximum absolute atomic E-state index is 12.9. The lowest BCUT2D eigenvalue weighted by atomic mass is 9.77. The summed E-state index contributed by atoms with van der Waals surface area (Å²) >= 11 is 0. The van der Waals surface area contributed by atoms with Crippen LogP contribution in [-0.4, -0.2) is 28.7 Å². The van der Waals surface area contributed by atoms with E-state index < -0.39 is 5.54 Å². The van der Waals surface area contributed by atoms with E-state index in [4.69, 9.17) is 4.74 Å². The van der Waals surface area contributed by atoms with Gasteiger partial charge in [-0.15, -0.1) is 0 Å². The lowest BCUT2D eigenvalue weighted by Crippen LogP contribution is -2.45. The highest BCUT2D eigenvalue weighted by atomic mass is 16.5. The first-order chi connectivity index (χ1) is 18.7. The molecule has 1 N–H and O–H groups in total. The van der Waals surface area contributed by atoms with Gasteiger partial charge in [0.25, 0.3) is 0 Å². The number of aromatic nitrogens is 2. The summed E-state index contributed by atoms with van der Waals surface area (Å²) in [5.41, 5.74) is 3.97. The zero-order chi connectivity index (χ0) is 26.6. The van der Waals surface area contributed by atoms with E-state index in [9.17, 15) is 4.79 Å². The molecule has 1 unspecified atom stereocenters. The van der Waals surface area contributed by atoms with Gasteiger partial charge < -0.3 is 9.30 Å². The van der Waals surface area contributed by atoms with Crippen LogP contribution in [0.5, 0.6) is 0 Å². The van der Waals surface area contributed by atoms with Gasteiger partial charge in [0.05, 0.1) is 30.1 Å². The Morgan fingerprint density at radius 1 is 0.895 bits per heavy atom. The van der Waals surface area contributed by atoms with Crippen LogP contribution in [0.3, 0.4) is 0 Å². The summed E-state index contributed by atoms with van der Waals surface area (Å²) in [7, 11) is 0. The predicted molar refractivity (Wildman–Crippen MR) is 153 cm³/mol. The van der Waals surface area contributed by atoms with E-state index >= 15 is 0 Å². The predicted octanol–water partition coefficient (Wildman–Crippen LogP) is 6.38. The lowest BCUT2D eigenvalue weighted by molar-refractivity contribution is -0.148. The third-order valence-electron chi connectivity index (χ3n) is 6.98.